The number of nitro groups is 1. The SMILES string of the molecule is COc1cc(CNc2ccc(S(C)(=O)=O)cc2[N+](=O)[O-])ccn1. The van der Waals surface area contributed by atoms with Crippen LogP contribution in [0.4, 0.5) is 11.4 Å². The number of nitro benzene ring substituents is 1. The molecule has 2 rings (SSSR count). The number of nitrogens with one attached hydrogen (secondary N) is 1. The van der Waals surface area contributed by atoms with E-state index in [9.17, 15) is 18.5 Å². The number of hydrogen-bond acceptors (Lipinski definition) is 7. The van der Waals surface area contributed by atoms with E-state index in [1.165, 1.54) is 19.2 Å². The Morgan fingerprint density at radius 3 is 2.65 bits per heavy atom. The van der Waals surface area contributed by atoms with Crippen LogP contribution < -0.4 is 10.1 Å². The third-order valence-electron chi connectivity index (χ3n) is 3.09. The van der Waals surface area contributed by atoms with Crippen molar-refractivity contribution in [2.75, 3.05) is 18.7 Å². The number of nitrogens with zero attached hydrogens (tertiary/aromatic N) is 2. The largest absolute Gasteiger partial charge is 0.481 e. The van der Waals surface area contributed by atoms with Crippen molar-refractivity contribution in [1.82, 2.24) is 4.98 Å². The van der Waals surface area contributed by atoms with Gasteiger partial charge in [-0.1, -0.05) is 0 Å². The molecule has 1 aromatic heterocycles. The second-order valence-corrected chi connectivity index (χ2v) is 6.78. The summed E-state index contributed by atoms with van der Waals surface area (Å²) >= 11 is 0. The van der Waals surface area contributed by atoms with Crippen LogP contribution >= 0.6 is 0 Å². The third kappa shape index (κ3) is 4.16. The molecule has 1 aromatic carbocycles. The van der Waals surface area contributed by atoms with E-state index >= 15 is 0 Å². The number of pyridine rings is 1. The van der Waals surface area contributed by atoms with E-state index in [0.717, 1.165) is 17.9 Å². The number of benzene rings is 1. The van der Waals surface area contributed by atoms with Gasteiger partial charge in [0.15, 0.2) is 9.84 Å². The molecular formula is C14H15N3O5S. The molecule has 0 aliphatic carbocycles. The van der Waals surface area contributed by atoms with E-state index in [1.807, 2.05) is 0 Å². The first-order valence-corrected chi connectivity index (χ1v) is 8.41. The fourth-order valence-corrected chi connectivity index (χ4v) is 2.55. The molecule has 1 heterocycles. The minimum atomic E-state index is -3.51. The fraction of sp³-hybridized carbons (Fsp3) is 0.214. The third-order valence-corrected chi connectivity index (χ3v) is 4.20. The topological polar surface area (TPSA) is 111 Å². The standard InChI is InChI=1S/C14H15N3O5S/c1-22-14-7-10(5-6-15-14)9-16-12-4-3-11(23(2,20)21)8-13(12)17(18)19/h3-8,16H,9H2,1-2H3. The summed E-state index contributed by atoms with van der Waals surface area (Å²) in [5.74, 6) is 0.436. The van der Waals surface area contributed by atoms with E-state index < -0.39 is 14.8 Å². The minimum Gasteiger partial charge on any atom is -0.481 e. The van der Waals surface area contributed by atoms with Crippen molar-refractivity contribution in [3.63, 3.8) is 0 Å². The molecule has 0 fully saturated rings. The number of methoxy groups -OCH3 is 1. The van der Waals surface area contributed by atoms with Gasteiger partial charge in [-0.2, -0.15) is 0 Å². The van der Waals surface area contributed by atoms with Crippen LogP contribution in [-0.2, 0) is 16.4 Å². The van der Waals surface area contributed by atoms with Crippen molar-refractivity contribution in [3.8, 4) is 5.88 Å². The lowest BCUT2D eigenvalue weighted by atomic mass is 10.2. The van der Waals surface area contributed by atoms with Crippen molar-refractivity contribution in [3.05, 3.63) is 52.2 Å². The van der Waals surface area contributed by atoms with Gasteiger partial charge in [0.25, 0.3) is 5.69 Å². The molecule has 0 atom stereocenters. The molecule has 2 aromatic rings. The average Bonchev–Trinajstić information content (AvgIpc) is 2.52. The summed E-state index contributed by atoms with van der Waals surface area (Å²) in [4.78, 5) is 14.4. The Labute approximate surface area is 133 Å². The summed E-state index contributed by atoms with van der Waals surface area (Å²) in [5, 5.41) is 14.1. The quantitative estimate of drug-likeness (QED) is 0.634. The molecule has 1 N–H and O–H groups in total. The number of sulfone groups is 1. The predicted molar refractivity (Wildman–Crippen MR) is 84.3 cm³/mol. The first-order valence-electron chi connectivity index (χ1n) is 6.52. The predicted octanol–water partition coefficient (Wildman–Crippen LogP) is 2.01. The number of aromatic nitrogens is 1. The van der Waals surface area contributed by atoms with Crippen LogP contribution in [0.15, 0.2) is 41.4 Å². The molecule has 0 amide bonds. The molecule has 0 aliphatic rings. The summed E-state index contributed by atoms with van der Waals surface area (Å²) in [6, 6.07) is 7.20. The molecule has 0 bridgehead atoms. The first kappa shape index (κ1) is 16.7. The molecule has 0 spiro atoms. The maximum Gasteiger partial charge on any atom is 0.293 e. The second-order valence-electron chi connectivity index (χ2n) is 4.77. The van der Waals surface area contributed by atoms with E-state index in [1.54, 1.807) is 18.3 Å². The van der Waals surface area contributed by atoms with Gasteiger partial charge in [0.1, 0.15) is 5.69 Å². The van der Waals surface area contributed by atoms with E-state index in [2.05, 4.69) is 10.3 Å². The lowest BCUT2D eigenvalue weighted by Crippen LogP contribution is -2.05. The zero-order chi connectivity index (χ0) is 17.0. The average molecular weight is 337 g/mol. The van der Waals surface area contributed by atoms with Crippen LogP contribution in [0, 0.1) is 10.1 Å². The van der Waals surface area contributed by atoms with Crippen LogP contribution in [0.1, 0.15) is 5.56 Å². The van der Waals surface area contributed by atoms with Crippen LogP contribution in [0.3, 0.4) is 0 Å². The zero-order valence-electron chi connectivity index (χ0n) is 12.5. The Hall–Kier alpha value is -2.68. The lowest BCUT2D eigenvalue weighted by molar-refractivity contribution is -0.384. The van der Waals surface area contributed by atoms with E-state index in [4.69, 9.17) is 4.74 Å². The fourth-order valence-electron chi connectivity index (χ4n) is 1.91. The highest BCUT2D eigenvalue weighted by Gasteiger charge is 2.18. The van der Waals surface area contributed by atoms with Crippen LogP contribution in [0.25, 0.3) is 0 Å². The normalized spacial score (nSPS) is 11.0. The molecule has 0 saturated carbocycles. The summed E-state index contributed by atoms with van der Waals surface area (Å²) in [7, 11) is -2.01. The number of rotatable bonds is 6. The van der Waals surface area contributed by atoms with Gasteiger partial charge >= 0.3 is 0 Å². The zero-order valence-corrected chi connectivity index (χ0v) is 13.3. The summed E-state index contributed by atoms with van der Waals surface area (Å²) in [6.45, 7) is 0.304. The highest BCUT2D eigenvalue weighted by atomic mass is 32.2. The second kappa shape index (κ2) is 6.61. The van der Waals surface area contributed by atoms with Crippen molar-refractivity contribution in [2.45, 2.75) is 11.4 Å². The van der Waals surface area contributed by atoms with Gasteiger partial charge in [-0.05, 0) is 23.8 Å². The molecular weight excluding hydrogens is 322 g/mol. The van der Waals surface area contributed by atoms with Crippen LogP contribution in [0.2, 0.25) is 0 Å². The number of anilines is 1. The highest BCUT2D eigenvalue weighted by molar-refractivity contribution is 7.90. The molecule has 8 nitrogen and oxygen atoms in total. The van der Waals surface area contributed by atoms with Gasteiger partial charge in [0, 0.05) is 31.1 Å². The Morgan fingerprint density at radius 2 is 2.04 bits per heavy atom. The summed E-state index contributed by atoms with van der Waals surface area (Å²) in [5.41, 5.74) is 0.755. The monoisotopic (exact) mass is 337 g/mol. The molecule has 9 heteroatoms. The molecule has 0 saturated heterocycles. The van der Waals surface area contributed by atoms with Crippen LogP contribution in [0.5, 0.6) is 5.88 Å². The van der Waals surface area contributed by atoms with Gasteiger partial charge in [-0.25, -0.2) is 13.4 Å². The molecule has 0 aliphatic heterocycles. The molecule has 122 valence electrons. The minimum absolute atomic E-state index is 0.0969. The van der Waals surface area contributed by atoms with Gasteiger partial charge in [0.2, 0.25) is 5.88 Å². The van der Waals surface area contributed by atoms with Gasteiger partial charge < -0.3 is 10.1 Å². The van der Waals surface area contributed by atoms with Crippen molar-refractivity contribution >= 4 is 21.2 Å². The maximum absolute atomic E-state index is 11.5. The van der Waals surface area contributed by atoms with Gasteiger partial charge in [0.05, 0.1) is 16.9 Å². The van der Waals surface area contributed by atoms with Crippen molar-refractivity contribution in [1.29, 1.82) is 0 Å². The Morgan fingerprint density at radius 1 is 1.30 bits per heavy atom. The molecule has 23 heavy (non-hydrogen) atoms. The van der Waals surface area contributed by atoms with E-state index in [0.29, 0.717) is 12.4 Å². The molecule has 0 unspecified atom stereocenters. The van der Waals surface area contributed by atoms with Gasteiger partial charge in [-0.15, -0.1) is 0 Å². The first-order chi connectivity index (χ1) is 10.8. The lowest BCUT2D eigenvalue weighted by Gasteiger charge is -2.09. The Kier molecular flexibility index (Phi) is 4.80. The number of hydrogen-bond donors (Lipinski definition) is 1. The van der Waals surface area contributed by atoms with Crippen molar-refractivity contribution in [2.24, 2.45) is 0 Å². The van der Waals surface area contributed by atoms with Crippen molar-refractivity contribution < 1.29 is 18.1 Å². The number of ether oxygens (including phenoxy) is 1. The smallest absolute Gasteiger partial charge is 0.293 e. The summed E-state index contributed by atoms with van der Waals surface area (Å²) < 4.78 is 28.0. The Bertz CT molecular complexity index is 836. The van der Waals surface area contributed by atoms with E-state index in [-0.39, 0.29) is 16.3 Å². The summed E-state index contributed by atoms with van der Waals surface area (Å²) in [6.07, 6.45) is 2.57. The highest BCUT2D eigenvalue weighted by Crippen LogP contribution is 2.28. The maximum atomic E-state index is 11.5. The van der Waals surface area contributed by atoms with Gasteiger partial charge in [-0.3, -0.25) is 10.1 Å². The Balaban J connectivity index is 2.27. The molecule has 0 radical (unpaired) electrons. The van der Waals surface area contributed by atoms with Crippen LogP contribution in [-0.4, -0.2) is 31.7 Å².